The quantitative estimate of drug-likeness (QED) is 0.284. The predicted octanol–water partition coefficient (Wildman–Crippen LogP) is -1.04. The molecule has 0 aromatic carbocycles. The van der Waals surface area contributed by atoms with E-state index in [1.54, 1.807) is 0 Å². The van der Waals surface area contributed by atoms with Gasteiger partial charge in [-0.1, -0.05) is 0 Å². The van der Waals surface area contributed by atoms with E-state index < -0.39 is 4.93 Å². The highest BCUT2D eigenvalue weighted by Crippen LogP contribution is 2.21. The van der Waals surface area contributed by atoms with Crippen molar-refractivity contribution in [2.75, 3.05) is 13.2 Å². The van der Waals surface area contributed by atoms with Gasteiger partial charge in [-0.05, 0) is 0 Å². The van der Waals surface area contributed by atoms with Crippen molar-refractivity contribution >= 4 is 12.6 Å². The zero-order chi connectivity index (χ0) is 6.91. The highest BCUT2D eigenvalue weighted by atomic mass is 32.1. The lowest BCUT2D eigenvalue weighted by molar-refractivity contribution is 0.153. The lowest BCUT2D eigenvalue weighted by atomic mass is 10.2. The molecule has 0 saturated carbocycles. The third-order valence-electron chi connectivity index (χ3n) is 1.47. The van der Waals surface area contributed by atoms with Crippen molar-refractivity contribution in [3.63, 3.8) is 0 Å². The summed E-state index contributed by atoms with van der Waals surface area (Å²) in [6.07, 6.45) is 0.520. The maximum absolute atomic E-state index is 9.19. The van der Waals surface area contributed by atoms with Crippen LogP contribution in [0.2, 0.25) is 0 Å². The molecular weight excluding hydrogens is 138 g/mol. The summed E-state index contributed by atoms with van der Waals surface area (Å²) >= 11 is 3.94. The average Bonchev–Trinajstić information content (AvgIpc) is 2.10. The normalized spacial score (nSPS) is 43.7. The summed E-state index contributed by atoms with van der Waals surface area (Å²) in [6.45, 7) is 0.532. The first-order valence-corrected chi connectivity index (χ1v) is 3.38. The topological polar surface area (TPSA) is 52.5 Å². The van der Waals surface area contributed by atoms with Gasteiger partial charge in [0.1, 0.15) is 4.93 Å². The second kappa shape index (κ2) is 2.46. The van der Waals surface area contributed by atoms with E-state index in [2.05, 4.69) is 17.9 Å². The highest BCUT2D eigenvalue weighted by Gasteiger charge is 2.32. The Morgan fingerprint density at radius 3 is 2.67 bits per heavy atom. The lowest BCUT2D eigenvalue weighted by Gasteiger charge is -2.11. The van der Waals surface area contributed by atoms with Crippen LogP contribution in [0.4, 0.5) is 0 Å². The van der Waals surface area contributed by atoms with Crippen molar-refractivity contribution in [2.45, 2.75) is 17.4 Å². The Balaban J connectivity index is 2.38. The number of β-amino-alcohol motifs (C(OH)–C–C–N with tert-alkyl or cyclic N) is 1. The molecule has 1 aliphatic heterocycles. The zero-order valence-corrected chi connectivity index (χ0v) is 5.93. The second-order valence-corrected chi connectivity index (χ2v) is 3.28. The van der Waals surface area contributed by atoms with Crippen molar-refractivity contribution in [3.8, 4) is 0 Å². The molecule has 1 saturated heterocycles. The number of aliphatic hydroxyl groups is 2. The molecule has 9 heavy (non-hydrogen) atoms. The monoisotopic (exact) mass is 149 g/mol. The summed E-state index contributed by atoms with van der Waals surface area (Å²) in [4.78, 5) is -0.909. The number of hydrogen-bond donors (Lipinski definition) is 4. The predicted molar refractivity (Wildman–Crippen MR) is 37.4 cm³/mol. The van der Waals surface area contributed by atoms with Crippen LogP contribution in [0.3, 0.4) is 0 Å². The van der Waals surface area contributed by atoms with E-state index in [0.29, 0.717) is 13.0 Å². The first kappa shape index (κ1) is 7.34. The fraction of sp³-hybridized carbons (Fsp3) is 1.00. The largest absolute Gasteiger partial charge is 0.395 e. The molecule has 2 atom stereocenters. The standard InChI is InChI=1S/C5H11NO2S/c7-2-4-1-5(8,9)3-6-4/h4,6-9H,1-3H2. The van der Waals surface area contributed by atoms with E-state index in [1.807, 2.05) is 0 Å². The molecule has 1 heterocycles. The molecule has 1 fully saturated rings. The molecule has 1 rings (SSSR count). The lowest BCUT2D eigenvalue weighted by Crippen LogP contribution is -2.25. The maximum atomic E-state index is 9.19. The van der Waals surface area contributed by atoms with Crippen molar-refractivity contribution < 1.29 is 10.2 Å². The maximum Gasteiger partial charge on any atom is 0.121 e. The first-order chi connectivity index (χ1) is 4.14. The molecule has 0 radical (unpaired) electrons. The minimum absolute atomic E-state index is 0.0208. The molecule has 0 amide bonds. The SMILES string of the molecule is OCC1CC(O)(S)CN1. The minimum Gasteiger partial charge on any atom is -0.395 e. The third-order valence-corrected chi connectivity index (χ3v) is 1.81. The summed E-state index contributed by atoms with van der Waals surface area (Å²) in [5.74, 6) is 0. The van der Waals surface area contributed by atoms with Crippen LogP contribution in [0.15, 0.2) is 0 Å². The summed E-state index contributed by atoms with van der Waals surface area (Å²) in [6, 6.07) is 0.0208. The van der Waals surface area contributed by atoms with Crippen LogP contribution in [0, 0.1) is 0 Å². The molecule has 0 aromatic heterocycles. The van der Waals surface area contributed by atoms with Gasteiger partial charge in [0, 0.05) is 19.0 Å². The molecule has 0 spiro atoms. The van der Waals surface area contributed by atoms with Gasteiger partial charge < -0.3 is 15.5 Å². The van der Waals surface area contributed by atoms with Gasteiger partial charge in [-0.25, -0.2) is 0 Å². The summed E-state index contributed by atoms with van der Waals surface area (Å²) in [7, 11) is 0. The van der Waals surface area contributed by atoms with E-state index in [-0.39, 0.29) is 12.6 Å². The Morgan fingerprint density at radius 2 is 2.44 bits per heavy atom. The van der Waals surface area contributed by atoms with Crippen LogP contribution in [0.25, 0.3) is 0 Å². The highest BCUT2D eigenvalue weighted by molar-refractivity contribution is 7.81. The van der Waals surface area contributed by atoms with E-state index in [9.17, 15) is 5.11 Å². The van der Waals surface area contributed by atoms with Crippen molar-refractivity contribution in [1.29, 1.82) is 0 Å². The van der Waals surface area contributed by atoms with Crippen LogP contribution in [-0.4, -0.2) is 34.3 Å². The number of rotatable bonds is 1. The van der Waals surface area contributed by atoms with Gasteiger partial charge in [0.05, 0.1) is 6.61 Å². The number of hydrogen-bond acceptors (Lipinski definition) is 4. The van der Waals surface area contributed by atoms with Gasteiger partial charge in [0.15, 0.2) is 0 Å². The van der Waals surface area contributed by atoms with Gasteiger partial charge in [0.2, 0.25) is 0 Å². The van der Waals surface area contributed by atoms with Crippen LogP contribution >= 0.6 is 12.6 Å². The molecule has 4 heteroatoms. The van der Waals surface area contributed by atoms with Gasteiger partial charge >= 0.3 is 0 Å². The van der Waals surface area contributed by atoms with E-state index in [4.69, 9.17) is 5.11 Å². The fourth-order valence-corrected chi connectivity index (χ4v) is 1.29. The Labute approximate surface area is 59.5 Å². The number of aliphatic hydroxyl groups excluding tert-OH is 1. The van der Waals surface area contributed by atoms with Gasteiger partial charge in [-0.3, -0.25) is 0 Å². The number of thiol groups is 1. The molecule has 3 nitrogen and oxygen atoms in total. The minimum atomic E-state index is -0.909. The first-order valence-electron chi connectivity index (χ1n) is 2.93. The molecule has 3 N–H and O–H groups in total. The van der Waals surface area contributed by atoms with Gasteiger partial charge in [0.25, 0.3) is 0 Å². The molecule has 0 aliphatic carbocycles. The molecule has 2 unspecified atom stereocenters. The van der Waals surface area contributed by atoms with Crippen LogP contribution in [-0.2, 0) is 0 Å². The van der Waals surface area contributed by atoms with E-state index in [0.717, 1.165) is 0 Å². The van der Waals surface area contributed by atoms with Crippen molar-refractivity contribution in [2.24, 2.45) is 0 Å². The zero-order valence-electron chi connectivity index (χ0n) is 5.04. The van der Waals surface area contributed by atoms with Crippen LogP contribution in [0.5, 0.6) is 0 Å². The van der Waals surface area contributed by atoms with Crippen LogP contribution < -0.4 is 5.32 Å². The molecule has 0 bridgehead atoms. The summed E-state index contributed by atoms with van der Waals surface area (Å²) in [5, 5.41) is 20.7. The molecular formula is C5H11NO2S. The Hall–Kier alpha value is 0.230. The molecule has 1 aliphatic rings. The Bertz CT molecular complexity index is 107. The fourth-order valence-electron chi connectivity index (χ4n) is 0.976. The smallest absolute Gasteiger partial charge is 0.121 e. The van der Waals surface area contributed by atoms with Gasteiger partial charge in [-0.15, -0.1) is 12.6 Å². The summed E-state index contributed by atoms with van der Waals surface area (Å²) < 4.78 is 0. The Morgan fingerprint density at radius 1 is 1.78 bits per heavy atom. The van der Waals surface area contributed by atoms with E-state index >= 15 is 0 Å². The van der Waals surface area contributed by atoms with Gasteiger partial charge in [-0.2, -0.15) is 0 Å². The summed E-state index contributed by atoms with van der Waals surface area (Å²) in [5.41, 5.74) is 0. The van der Waals surface area contributed by atoms with Crippen molar-refractivity contribution in [1.82, 2.24) is 5.32 Å². The second-order valence-electron chi connectivity index (χ2n) is 2.45. The number of nitrogens with one attached hydrogen (secondary N) is 1. The third kappa shape index (κ3) is 1.82. The molecule has 0 aromatic rings. The average molecular weight is 149 g/mol. The van der Waals surface area contributed by atoms with Crippen molar-refractivity contribution in [3.05, 3.63) is 0 Å². The van der Waals surface area contributed by atoms with Crippen LogP contribution in [0.1, 0.15) is 6.42 Å². The Kier molecular flexibility index (Phi) is 2.00. The van der Waals surface area contributed by atoms with E-state index in [1.165, 1.54) is 0 Å². The molecule has 54 valence electrons.